The summed E-state index contributed by atoms with van der Waals surface area (Å²) in [6.45, 7) is 3.49. The minimum absolute atomic E-state index is 0.00671. The van der Waals surface area contributed by atoms with Crippen LogP contribution in [0.5, 0.6) is 57.5 Å². The summed E-state index contributed by atoms with van der Waals surface area (Å²) < 4.78 is 69.4. The summed E-state index contributed by atoms with van der Waals surface area (Å²) in [5.74, 6) is 4.88. The van der Waals surface area contributed by atoms with Gasteiger partial charge in [0.1, 0.15) is 12.1 Å². The average molecular weight is 973 g/mol. The zero-order valence-electron chi connectivity index (χ0n) is 43.0. The maximum Gasteiger partial charge on any atom is 0.331 e. The van der Waals surface area contributed by atoms with E-state index >= 15 is 0 Å². The molecular formula is C54H72N2O14+2. The number of ether oxygens (including phenoxy) is 12. The molecule has 0 radical (unpaired) electrons. The van der Waals surface area contributed by atoms with Crippen LogP contribution >= 0.6 is 0 Å². The van der Waals surface area contributed by atoms with Crippen molar-refractivity contribution in [1.29, 1.82) is 0 Å². The van der Waals surface area contributed by atoms with E-state index in [-0.39, 0.29) is 25.3 Å². The minimum Gasteiger partial charge on any atom is -0.493 e. The molecule has 70 heavy (non-hydrogen) atoms. The van der Waals surface area contributed by atoms with Crippen molar-refractivity contribution in [1.82, 2.24) is 0 Å². The maximum absolute atomic E-state index is 12.9. The third kappa shape index (κ3) is 11.7. The summed E-state index contributed by atoms with van der Waals surface area (Å²) in [4.78, 5) is 25.8. The molecule has 2 heterocycles. The number of hydrogen-bond acceptors (Lipinski definition) is 14. The van der Waals surface area contributed by atoms with Crippen LogP contribution in [0.3, 0.4) is 0 Å². The lowest BCUT2D eigenvalue weighted by molar-refractivity contribution is -0.941. The quantitative estimate of drug-likeness (QED) is 0.0296. The Labute approximate surface area is 412 Å². The highest BCUT2D eigenvalue weighted by Crippen LogP contribution is 2.47. The van der Waals surface area contributed by atoms with Gasteiger partial charge in [0.2, 0.25) is 11.5 Å². The fraction of sp³-hybridized carbons (Fsp3) is 0.481. The van der Waals surface area contributed by atoms with Gasteiger partial charge >= 0.3 is 11.9 Å². The second-order valence-electron chi connectivity index (χ2n) is 18.0. The molecule has 0 aromatic heterocycles. The normalized spacial score (nSPS) is 19.3. The van der Waals surface area contributed by atoms with Crippen molar-refractivity contribution in [2.45, 2.75) is 50.6 Å². The maximum atomic E-state index is 12.9. The molecule has 6 rings (SSSR count). The topological polar surface area (TPSA) is 145 Å². The summed E-state index contributed by atoms with van der Waals surface area (Å²) in [5.41, 5.74) is 6.74. The second kappa shape index (κ2) is 23.9. The number of benzene rings is 4. The number of fused-ring (bicyclic) bond motifs is 2. The van der Waals surface area contributed by atoms with E-state index in [1.807, 2.05) is 24.3 Å². The van der Waals surface area contributed by atoms with Crippen molar-refractivity contribution >= 4 is 11.9 Å². The number of rotatable bonds is 24. The number of hydrogen-bond donors (Lipinski definition) is 0. The molecule has 0 unspecified atom stereocenters. The molecule has 0 aliphatic carbocycles. The molecule has 0 bridgehead atoms. The van der Waals surface area contributed by atoms with Gasteiger partial charge in [-0.1, -0.05) is 0 Å². The number of nitrogens with zero attached hydrogens (tertiary/aromatic N) is 2. The highest BCUT2D eigenvalue weighted by Gasteiger charge is 2.42. The molecule has 4 aromatic carbocycles. The molecular weight excluding hydrogens is 901 g/mol. The van der Waals surface area contributed by atoms with Crippen LogP contribution in [0.1, 0.15) is 58.3 Å². The van der Waals surface area contributed by atoms with E-state index in [4.69, 9.17) is 56.8 Å². The fourth-order valence-electron chi connectivity index (χ4n) is 10.2. The number of methoxy groups -OCH3 is 10. The van der Waals surface area contributed by atoms with Gasteiger partial charge in [0.25, 0.3) is 0 Å². The lowest BCUT2D eigenvalue weighted by atomic mass is 9.86. The van der Waals surface area contributed by atoms with Crippen molar-refractivity contribution in [2.75, 3.05) is 125 Å². The van der Waals surface area contributed by atoms with Crippen LogP contribution in [0.2, 0.25) is 0 Å². The zero-order valence-corrected chi connectivity index (χ0v) is 43.0. The average Bonchev–Trinajstić information content (AvgIpc) is 3.38. The second-order valence-corrected chi connectivity index (χ2v) is 18.0. The highest BCUT2D eigenvalue weighted by atomic mass is 16.6. The summed E-state index contributed by atoms with van der Waals surface area (Å²) in [5, 5.41) is 0. The lowest BCUT2D eigenvalue weighted by Gasteiger charge is -2.46. The number of likely N-dealkylation sites (N-methyl/N-ethyl adjacent to an activating group) is 2. The molecule has 0 saturated heterocycles. The van der Waals surface area contributed by atoms with Crippen molar-refractivity contribution in [2.24, 2.45) is 0 Å². The third-order valence-corrected chi connectivity index (χ3v) is 14.1. The van der Waals surface area contributed by atoms with E-state index < -0.39 is 11.9 Å². The molecule has 4 atom stereocenters. The first-order valence-electron chi connectivity index (χ1n) is 23.5. The van der Waals surface area contributed by atoms with Crippen LogP contribution in [0.25, 0.3) is 0 Å². The predicted molar refractivity (Wildman–Crippen MR) is 264 cm³/mol. The van der Waals surface area contributed by atoms with E-state index in [2.05, 4.69) is 38.4 Å². The Bertz CT molecular complexity index is 2270. The van der Waals surface area contributed by atoms with Gasteiger partial charge in [-0.3, -0.25) is 0 Å². The molecule has 380 valence electrons. The van der Waals surface area contributed by atoms with Crippen LogP contribution in [0, 0.1) is 0 Å². The lowest BCUT2D eigenvalue weighted by Crippen LogP contribution is -2.52. The standard InChI is InChI=1S/C54H72N2O14/c1-55(21-17-37-31-43(59-3)45(61-5)33-39(37)41(55)25-35-27-47(63-7)53(67-11)48(28-35)64-8)19-13-23-69-51(57)15-16-52(58)70-24-14-20-56(2)22-18-38-32-44(60-4)46(62-6)34-40(38)42(56)26-36-29-49(65-9)54(68-12)50(30-36)66-10/h15-16,27-34,41-42H,13-14,17-26H2,1-12H3/q+2/t41-,42-,55-,56-/m1/s1. The van der Waals surface area contributed by atoms with Gasteiger partial charge < -0.3 is 65.8 Å². The molecule has 16 heteroatoms. The van der Waals surface area contributed by atoms with Crippen LogP contribution in [-0.4, -0.2) is 145 Å². The SMILES string of the molecule is COc1cc2c(cc1OC)[C@@H](Cc1cc(OC)c(OC)c(OC)c1)[N@+](C)(CCCOC(=O)C=CC(=O)OCCC[N@+]1(C)CCc3cc(OC)c(OC)cc3[C@H]1Cc1cc(OC)c(OC)c(OC)c1)CC2. The van der Waals surface area contributed by atoms with Gasteiger partial charge in [-0.05, 0) is 70.8 Å². The molecule has 2 aliphatic heterocycles. The predicted octanol–water partition coefficient (Wildman–Crippen LogP) is 7.47. The Morgan fingerprint density at radius 2 is 0.771 bits per heavy atom. The Hall–Kier alpha value is -6.52. The third-order valence-electron chi connectivity index (χ3n) is 14.1. The van der Waals surface area contributed by atoms with E-state index in [0.29, 0.717) is 92.1 Å². The van der Waals surface area contributed by atoms with Gasteiger partial charge in [0.15, 0.2) is 46.0 Å². The summed E-state index contributed by atoms with van der Waals surface area (Å²) in [6.07, 6.45) is 6.43. The van der Waals surface area contributed by atoms with Crippen LogP contribution in [0.15, 0.2) is 60.7 Å². The Balaban J connectivity index is 1.07. The first-order chi connectivity index (χ1) is 33.7. The van der Waals surface area contributed by atoms with Gasteiger partial charge in [-0.15, -0.1) is 0 Å². The number of carbonyl (C=O) groups excluding carboxylic acids is 2. The molecule has 0 spiro atoms. The van der Waals surface area contributed by atoms with Gasteiger partial charge in [0.05, 0.1) is 125 Å². The summed E-state index contributed by atoms with van der Waals surface area (Å²) >= 11 is 0. The van der Waals surface area contributed by atoms with Crippen LogP contribution in [0.4, 0.5) is 0 Å². The highest BCUT2D eigenvalue weighted by molar-refractivity contribution is 5.91. The first kappa shape index (κ1) is 52.8. The number of quaternary nitrogens is 2. The van der Waals surface area contributed by atoms with Crippen LogP contribution in [-0.2, 0) is 44.7 Å². The van der Waals surface area contributed by atoms with Crippen molar-refractivity contribution < 1.29 is 75.4 Å². The van der Waals surface area contributed by atoms with E-state index in [0.717, 1.165) is 73.4 Å². The van der Waals surface area contributed by atoms with E-state index in [1.54, 1.807) is 71.1 Å². The molecule has 0 saturated carbocycles. The fourth-order valence-corrected chi connectivity index (χ4v) is 10.2. The molecule has 0 fully saturated rings. The molecule has 0 N–H and O–H groups in total. The Morgan fingerprint density at radius 1 is 0.457 bits per heavy atom. The summed E-state index contributed by atoms with van der Waals surface area (Å²) in [7, 11) is 20.7. The number of carbonyl (C=O) groups is 2. The largest absolute Gasteiger partial charge is 0.493 e. The molecule has 16 nitrogen and oxygen atoms in total. The van der Waals surface area contributed by atoms with Gasteiger partial charge in [-0.25, -0.2) is 9.59 Å². The molecule has 0 amide bonds. The Morgan fingerprint density at radius 3 is 1.07 bits per heavy atom. The molecule has 4 aromatic rings. The number of esters is 2. The molecule has 2 aliphatic rings. The minimum atomic E-state index is -0.610. The van der Waals surface area contributed by atoms with Gasteiger partial charge in [-0.2, -0.15) is 0 Å². The van der Waals surface area contributed by atoms with E-state index in [1.165, 1.54) is 11.1 Å². The van der Waals surface area contributed by atoms with Crippen molar-refractivity contribution in [3.05, 3.63) is 94.1 Å². The Kier molecular flexibility index (Phi) is 18.0. The van der Waals surface area contributed by atoms with Crippen molar-refractivity contribution in [3.63, 3.8) is 0 Å². The van der Waals surface area contributed by atoms with E-state index in [9.17, 15) is 9.59 Å². The van der Waals surface area contributed by atoms with Crippen molar-refractivity contribution in [3.8, 4) is 57.5 Å². The first-order valence-corrected chi connectivity index (χ1v) is 23.5. The smallest absolute Gasteiger partial charge is 0.331 e. The monoisotopic (exact) mass is 972 g/mol. The van der Waals surface area contributed by atoms with Crippen LogP contribution < -0.4 is 47.4 Å². The van der Waals surface area contributed by atoms with Gasteiger partial charge in [0, 0.05) is 61.8 Å². The summed E-state index contributed by atoms with van der Waals surface area (Å²) in [6, 6.07) is 16.3. The zero-order chi connectivity index (χ0) is 50.6.